The fourth-order valence-electron chi connectivity index (χ4n) is 1.43. The van der Waals surface area contributed by atoms with Crippen molar-refractivity contribution in [2.45, 2.75) is 19.8 Å². The number of nitrogens with two attached hydrogens (primary N) is 1. The lowest BCUT2D eigenvalue weighted by Crippen LogP contribution is -2.13. The number of nitrogens with zero attached hydrogens (tertiary/aromatic N) is 2. The standard InChI is InChI=1S/C10H14N4O2/c1-10(2-3-10)6-12-9-5-7(14(15)16)4-8(11)13-9/h4-5H,2-3,6H2,1H3,(H3,11,12,13). The van der Waals surface area contributed by atoms with Crippen molar-refractivity contribution < 1.29 is 4.92 Å². The molecular formula is C10H14N4O2. The van der Waals surface area contributed by atoms with E-state index in [0.29, 0.717) is 11.2 Å². The zero-order valence-corrected chi connectivity index (χ0v) is 9.06. The molecule has 1 aromatic rings. The molecule has 1 aliphatic carbocycles. The SMILES string of the molecule is CC1(CNc2cc([N+](=O)[O-])cc(N)n2)CC1. The first kappa shape index (κ1) is 10.7. The van der Waals surface area contributed by atoms with E-state index in [0.717, 1.165) is 6.54 Å². The fourth-order valence-corrected chi connectivity index (χ4v) is 1.43. The molecule has 16 heavy (non-hydrogen) atoms. The number of rotatable bonds is 4. The van der Waals surface area contributed by atoms with Gasteiger partial charge in [0.15, 0.2) is 0 Å². The Bertz CT molecular complexity index is 429. The molecule has 0 atom stereocenters. The van der Waals surface area contributed by atoms with Crippen LogP contribution in [-0.4, -0.2) is 16.5 Å². The molecule has 0 bridgehead atoms. The summed E-state index contributed by atoms with van der Waals surface area (Å²) in [6.45, 7) is 2.95. The van der Waals surface area contributed by atoms with Crippen LogP contribution in [0.1, 0.15) is 19.8 Å². The lowest BCUT2D eigenvalue weighted by molar-refractivity contribution is -0.384. The summed E-state index contributed by atoms with van der Waals surface area (Å²) in [6.07, 6.45) is 2.37. The third-order valence-corrected chi connectivity index (χ3v) is 2.84. The fraction of sp³-hybridized carbons (Fsp3) is 0.500. The van der Waals surface area contributed by atoms with E-state index in [1.165, 1.54) is 25.0 Å². The number of pyridine rings is 1. The van der Waals surface area contributed by atoms with E-state index in [1.54, 1.807) is 0 Å². The van der Waals surface area contributed by atoms with Gasteiger partial charge in [-0.2, -0.15) is 0 Å². The number of aromatic nitrogens is 1. The Morgan fingerprint density at radius 2 is 2.31 bits per heavy atom. The molecule has 0 spiro atoms. The van der Waals surface area contributed by atoms with Gasteiger partial charge in [0.2, 0.25) is 0 Å². The molecule has 1 saturated carbocycles. The Balaban J connectivity index is 2.10. The van der Waals surface area contributed by atoms with Crippen molar-refractivity contribution in [2.24, 2.45) is 5.41 Å². The molecule has 1 heterocycles. The third-order valence-electron chi connectivity index (χ3n) is 2.84. The van der Waals surface area contributed by atoms with Gasteiger partial charge < -0.3 is 11.1 Å². The maximum Gasteiger partial charge on any atom is 0.276 e. The van der Waals surface area contributed by atoms with Gasteiger partial charge in [0.1, 0.15) is 11.6 Å². The van der Waals surface area contributed by atoms with Crippen molar-refractivity contribution in [3.8, 4) is 0 Å². The van der Waals surface area contributed by atoms with Gasteiger partial charge in [0.05, 0.1) is 17.1 Å². The summed E-state index contributed by atoms with van der Waals surface area (Å²) in [4.78, 5) is 14.2. The van der Waals surface area contributed by atoms with Crippen LogP contribution in [0, 0.1) is 15.5 Å². The highest BCUT2D eigenvalue weighted by molar-refractivity contribution is 5.52. The second-order valence-corrected chi connectivity index (χ2v) is 4.56. The highest BCUT2D eigenvalue weighted by Crippen LogP contribution is 2.44. The summed E-state index contributed by atoms with van der Waals surface area (Å²) in [5.41, 5.74) is 5.79. The van der Waals surface area contributed by atoms with Gasteiger partial charge in [-0.05, 0) is 18.3 Å². The monoisotopic (exact) mass is 222 g/mol. The van der Waals surface area contributed by atoms with Crippen molar-refractivity contribution in [3.63, 3.8) is 0 Å². The van der Waals surface area contributed by atoms with Crippen LogP contribution in [0.3, 0.4) is 0 Å². The van der Waals surface area contributed by atoms with E-state index in [2.05, 4.69) is 17.2 Å². The Labute approximate surface area is 93.0 Å². The van der Waals surface area contributed by atoms with Gasteiger partial charge in [-0.3, -0.25) is 10.1 Å². The number of hydrogen-bond donors (Lipinski definition) is 2. The molecular weight excluding hydrogens is 208 g/mol. The topological polar surface area (TPSA) is 94.1 Å². The van der Waals surface area contributed by atoms with Crippen molar-refractivity contribution in [2.75, 3.05) is 17.6 Å². The largest absolute Gasteiger partial charge is 0.383 e. The summed E-state index contributed by atoms with van der Waals surface area (Å²) >= 11 is 0. The molecule has 0 unspecified atom stereocenters. The van der Waals surface area contributed by atoms with Crippen LogP contribution in [-0.2, 0) is 0 Å². The summed E-state index contributed by atoms with van der Waals surface area (Å²) in [5.74, 6) is 0.637. The van der Waals surface area contributed by atoms with E-state index >= 15 is 0 Å². The number of nitrogens with one attached hydrogen (secondary N) is 1. The van der Waals surface area contributed by atoms with Gasteiger partial charge in [0.25, 0.3) is 5.69 Å². The van der Waals surface area contributed by atoms with E-state index in [4.69, 9.17) is 5.73 Å². The van der Waals surface area contributed by atoms with Crippen molar-refractivity contribution in [1.82, 2.24) is 4.98 Å². The van der Waals surface area contributed by atoms with E-state index < -0.39 is 4.92 Å². The summed E-state index contributed by atoms with van der Waals surface area (Å²) < 4.78 is 0. The van der Waals surface area contributed by atoms with Crippen LogP contribution < -0.4 is 11.1 Å². The first-order valence-corrected chi connectivity index (χ1v) is 5.14. The average molecular weight is 222 g/mol. The summed E-state index contributed by atoms with van der Waals surface area (Å²) in [7, 11) is 0. The van der Waals surface area contributed by atoms with E-state index in [-0.39, 0.29) is 11.5 Å². The highest BCUT2D eigenvalue weighted by atomic mass is 16.6. The maximum absolute atomic E-state index is 10.6. The first-order valence-electron chi connectivity index (χ1n) is 5.14. The second kappa shape index (κ2) is 3.62. The Morgan fingerprint density at radius 1 is 1.62 bits per heavy atom. The zero-order valence-electron chi connectivity index (χ0n) is 9.06. The molecule has 1 aromatic heterocycles. The quantitative estimate of drug-likeness (QED) is 0.598. The minimum Gasteiger partial charge on any atom is -0.383 e. The van der Waals surface area contributed by atoms with Gasteiger partial charge >= 0.3 is 0 Å². The smallest absolute Gasteiger partial charge is 0.276 e. The number of nitrogen functional groups attached to an aromatic ring is 1. The molecule has 0 radical (unpaired) electrons. The van der Waals surface area contributed by atoms with Gasteiger partial charge in [-0.25, -0.2) is 4.98 Å². The van der Waals surface area contributed by atoms with Crippen LogP contribution in [0.4, 0.5) is 17.3 Å². The first-order chi connectivity index (χ1) is 7.48. The molecule has 0 aliphatic heterocycles. The molecule has 1 fully saturated rings. The Morgan fingerprint density at radius 3 is 2.88 bits per heavy atom. The Kier molecular flexibility index (Phi) is 2.41. The lowest BCUT2D eigenvalue weighted by Gasteiger charge is -2.10. The minimum atomic E-state index is -0.470. The van der Waals surface area contributed by atoms with Gasteiger partial charge in [-0.1, -0.05) is 6.92 Å². The maximum atomic E-state index is 10.6. The van der Waals surface area contributed by atoms with Crippen molar-refractivity contribution in [1.29, 1.82) is 0 Å². The van der Waals surface area contributed by atoms with E-state index in [9.17, 15) is 10.1 Å². The molecule has 3 N–H and O–H groups in total. The number of anilines is 2. The van der Waals surface area contributed by atoms with Crippen molar-refractivity contribution >= 4 is 17.3 Å². The molecule has 0 aromatic carbocycles. The van der Waals surface area contributed by atoms with E-state index in [1.807, 2.05) is 0 Å². The van der Waals surface area contributed by atoms with Crippen LogP contribution in [0.25, 0.3) is 0 Å². The number of nitro groups is 1. The van der Waals surface area contributed by atoms with Crippen molar-refractivity contribution in [3.05, 3.63) is 22.2 Å². The zero-order chi connectivity index (χ0) is 11.8. The molecule has 0 amide bonds. The average Bonchev–Trinajstić information content (AvgIpc) is 2.94. The van der Waals surface area contributed by atoms with Crippen LogP contribution in [0.15, 0.2) is 12.1 Å². The molecule has 6 heteroatoms. The Hall–Kier alpha value is -1.85. The molecule has 2 rings (SSSR count). The molecule has 1 aliphatic rings. The van der Waals surface area contributed by atoms with Gasteiger partial charge in [0, 0.05) is 6.54 Å². The van der Waals surface area contributed by atoms with Crippen LogP contribution >= 0.6 is 0 Å². The third kappa shape index (κ3) is 2.39. The summed E-state index contributed by atoms with van der Waals surface area (Å²) in [5, 5.41) is 13.7. The minimum absolute atomic E-state index is 0.0315. The highest BCUT2D eigenvalue weighted by Gasteiger charge is 2.36. The van der Waals surface area contributed by atoms with Crippen LogP contribution in [0.2, 0.25) is 0 Å². The molecule has 86 valence electrons. The predicted octanol–water partition coefficient (Wildman–Crippen LogP) is 1.78. The number of hydrogen-bond acceptors (Lipinski definition) is 5. The van der Waals surface area contributed by atoms with Crippen LogP contribution in [0.5, 0.6) is 0 Å². The molecule has 6 nitrogen and oxygen atoms in total. The second-order valence-electron chi connectivity index (χ2n) is 4.56. The predicted molar refractivity (Wildman–Crippen MR) is 61.1 cm³/mol. The summed E-state index contributed by atoms with van der Waals surface area (Å²) in [6, 6.07) is 2.66. The van der Waals surface area contributed by atoms with Gasteiger partial charge in [-0.15, -0.1) is 0 Å². The normalized spacial score (nSPS) is 16.8. The lowest BCUT2D eigenvalue weighted by atomic mass is 10.1. The molecule has 0 saturated heterocycles.